The topological polar surface area (TPSA) is 125 Å². The van der Waals surface area contributed by atoms with Crippen LogP contribution in [0.4, 0.5) is 0 Å². The minimum atomic E-state index is -1.23. The van der Waals surface area contributed by atoms with Gasteiger partial charge in [-0.2, -0.15) is 0 Å². The lowest BCUT2D eigenvalue weighted by atomic mass is 9.72. The molecule has 3 rings (SSSR count). The van der Waals surface area contributed by atoms with Crippen molar-refractivity contribution in [1.29, 1.82) is 0 Å². The maximum atomic E-state index is 13.2. The first-order chi connectivity index (χ1) is 16.2. The number of nitrogens with zero attached hydrogens (tertiary/aromatic N) is 1. The summed E-state index contributed by atoms with van der Waals surface area (Å²) < 4.78 is 11.3. The first-order valence-electron chi connectivity index (χ1n) is 12.4. The van der Waals surface area contributed by atoms with E-state index in [1.54, 1.807) is 33.8 Å². The largest absolute Gasteiger partial charge is 0.449 e. The molecule has 9 heteroatoms. The number of aromatic nitrogens is 1. The van der Waals surface area contributed by atoms with Crippen molar-refractivity contribution in [2.75, 3.05) is 0 Å². The number of oxazole rings is 1. The normalized spacial score (nSPS) is 37.5. The minimum absolute atomic E-state index is 0.0880. The average molecular weight is 511 g/mol. The van der Waals surface area contributed by atoms with Gasteiger partial charge >= 0.3 is 0 Å². The maximum Gasteiger partial charge on any atom is 0.223 e. The van der Waals surface area contributed by atoms with E-state index >= 15 is 0 Å². The minimum Gasteiger partial charge on any atom is -0.449 e. The highest BCUT2D eigenvalue weighted by molar-refractivity contribution is 6.32. The van der Waals surface area contributed by atoms with Crippen molar-refractivity contribution in [2.45, 2.75) is 104 Å². The van der Waals surface area contributed by atoms with Crippen molar-refractivity contribution in [3.63, 3.8) is 0 Å². The van der Waals surface area contributed by atoms with Gasteiger partial charge in [-0.3, -0.25) is 9.59 Å². The molecular weight excluding hydrogens is 472 g/mol. The summed E-state index contributed by atoms with van der Waals surface area (Å²) in [5, 5.41) is 25.0. The molecule has 2 aliphatic heterocycles. The number of ether oxygens (including phenoxy) is 1. The first kappa shape index (κ1) is 27.8. The Kier molecular flexibility index (Phi) is 8.52. The molecule has 2 saturated heterocycles. The van der Waals surface area contributed by atoms with Gasteiger partial charge in [-0.05, 0) is 31.8 Å². The standard InChI is InChI=1S/C26H39ClN2O6/c1-14-8-7-9-26(6)21(35-26)11-19(18(27)10-17-13-34-16(3)28-17)29-22(31)12-20(30)25(4,5)24(33)15(2)23(14)32/h10,13-15,19-21,23,30,32H,7-9,11-12H2,1-6H3,(H,29,31)/t14-,15+,19-,20-,21?,23-,26?/m0/s1. The molecule has 3 N–H and O–H groups in total. The number of nitrogens with one attached hydrogen (secondary N) is 1. The lowest BCUT2D eigenvalue weighted by Gasteiger charge is -2.34. The Hall–Kier alpha value is -1.74. The van der Waals surface area contributed by atoms with Gasteiger partial charge in [0.05, 0.1) is 41.8 Å². The second-order valence-corrected chi connectivity index (χ2v) is 11.5. The quantitative estimate of drug-likeness (QED) is 0.517. The number of fused-ring (bicyclic) bond motifs is 1. The molecule has 2 fully saturated rings. The van der Waals surface area contributed by atoms with E-state index < -0.39 is 35.5 Å². The van der Waals surface area contributed by atoms with Crippen LogP contribution < -0.4 is 5.32 Å². The number of carbonyl (C=O) groups excluding carboxylic acids is 2. The number of aliphatic hydroxyl groups excluding tert-OH is 2. The Labute approximate surface area is 212 Å². The fourth-order valence-electron chi connectivity index (χ4n) is 4.98. The van der Waals surface area contributed by atoms with Crippen LogP contribution in [0.2, 0.25) is 0 Å². The van der Waals surface area contributed by atoms with Crippen molar-refractivity contribution < 1.29 is 29.0 Å². The van der Waals surface area contributed by atoms with Crippen molar-refractivity contribution in [2.24, 2.45) is 17.3 Å². The van der Waals surface area contributed by atoms with Gasteiger partial charge in [-0.15, -0.1) is 0 Å². The lowest BCUT2D eigenvalue weighted by Crippen LogP contribution is -2.47. The van der Waals surface area contributed by atoms with Gasteiger partial charge in [0.1, 0.15) is 17.7 Å². The van der Waals surface area contributed by atoms with Gasteiger partial charge in [0.2, 0.25) is 5.91 Å². The summed E-state index contributed by atoms with van der Waals surface area (Å²) in [6.45, 7) is 10.6. The molecule has 35 heavy (non-hydrogen) atoms. The number of hydrogen-bond donors (Lipinski definition) is 3. The Morgan fingerprint density at radius 3 is 2.57 bits per heavy atom. The van der Waals surface area contributed by atoms with E-state index in [2.05, 4.69) is 10.3 Å². The molecule has 1 aromatic rings. The third kappa shape index (κ3) is 6.53. The third-order valence-corrected chi connectivity index (χ3v) is 8.14. The Morgan fingerprint density at radius 1 is 1.26 bits per heavy atom. The molecule has 7 atom stereocenters. The Bertz CT molecular complexity index is 959. The van der Waals surface area contributed by atoms with Gasteiger partial charge in [-0.25, -0.2) is 4.98 Å². The molecule has 2 unspecified atom stereocenters. The van der Waals surface area contributed by atoms with Crippen LogP contribution in [0.1, 0.15) is 78.3 Å². The van der Waals surface area contributed by atoms with Gasteiger partial charge in [-0.1, -0.05) is 45.7 Å². The average Bonchev–Trinajstić information content (AvgIpc) is 3.22. The third-order valence-electron chi connectivity index (χ3n) is 7.76. The number of epoxide rings is 1. The van der Waals surface area contributed by atoms with Gasteiger partial charge in [0.15, 0.2) is 5.89 Å². The number of aryl methyl sites for hydroxylation is 1. The number of carbonyl (C=O) groups is 2. The van der Waals surface area contributed by atoms with Crippen LogP contribution in [0.25, 0.3) is 6.08 Å². The Morgan fingerprint density at radius 2 is 1.94 bits per heavy atom. The van der Waals surface area contributed by atoms with Crippen LogP contribution in [0, 0.1) is 24.2 Å². The SMILES string of the molecule is Cc1nc(C=C(Cl)[C@@H]2CC3OC3(C)CCC[C@H](C)[C@H](O)[C@@H](C)C(=O)C(C)(C)[C@@H](O)CC(=O)N2)co1. The summed E-state index contributed by atoms with van der Waals surface area (Å²) in [6, 6.07) is -0.549. The molecule has 1 amide bonds. The summed E-state index contributed by atoms with van der Waals surface area (Å²) >= 11 is 6.63. The number of rotatable bonds is 2. The molecule has 0 saturated carbocycles. The fourth-order valence-corrected chi connectivity index (χ4v) is 5.24. The molecule has 3 heterocycles. The molecule has 8 nitrogen and oxygen atoms in total. The highest BCUT2D eigenvalue weighted by Gasteiger charge is 2.52. The van der Waals surface area contributed by atoms with Crippen LogP contribution >= 0.6 is 11.6 Å². The molecule has 0 aliphatic carbocycles. The highest BCUT2D eigenvalue weighted by atomic mass is 35.5. The first-order valence-corrected chi connectivity index (χ1v) is 12.8. The summed E-state index contributed by atoms with van der Waals surface area (Å²) in [5.74, 6) is -0.943. The lowest BCUT2D eigenvalue weighted by molar-refractivity contribution is -0.143. The molecule has 0 aromatic carbocycles. The summed E-state index contributed by atoms with van der Waals surface area (Å²) in [7, 11) is 0. The molecule has 196 valence electrons. The van der Waals surface area contributed by atoms with Crippen LogP contribution in [0.3, 0.4) is 0 Å². The summed E-state index contributed by atoms with van der Waals surface area (Å²) in [6.07, 6.45) is 3.56. The van der Waals surface area contributed by atoms with E-state index in [1.807, 2.05) is 13.8 Å². The molecule has 0 bridgehead atoms. The number of aliphatic hydroxyl groups is 2. The van der Waals surface area contributed by atoms with Crippen LogP contribution in [-0.2, 0) is 14.3 Å². The van der Waals surface area contributed by atoms with Crippen molar-refractivity contribution in [3.05, 3.63) is 22.9 Å². The van der Waals surface area contributed by atoms with Crippen LogP contribution in [-0.4, -0.2) is 56.8 Å². The second-order valence-electron chi connectivity index (χ2n) is 11.1. The number of halogens is 1. The maximum absolute atomic E-state index is 13.2. The van der Waals surface area contributed by atoms with Crippen LogP contribution in [0.15, 0.2) is 15.7 Å². The number of amides is 1. The zero-order chi connectivity index (χ0) is 26.1. The monoisotopic (exact) mass is 510 g/mol. The smallest absolute Gasteiger partial charge is 0.223 e. The van der Waals surface area contributed by atoms with Gasteiger partial charge in [0, 0.05) is 24.3 Å². The fraction of sp³-hybridized carbons (Fsp3) is 0.731. The predicted molar refractivity (Wildman–Crippen MR) is 132 cm³/mol. The molecule has 2 aliphatic rings. The van der Waals surface area contributed by atoms with Crippen molar-refractivity contribution in [3.8, 4) is 0 Å². The zero-order valence-corrected chi connectivity index (χ0v) is 22.3. The van der Waals surface area contributed by atoms with E-state index in [4.69, 9.17) is 20.8 Å². The number of Topliss-reactive ketones (excluding diaryl/α,β-unsaturated/α-hetero) is 1. The predicted octanol–water partition coefficient (Wildman–Crippen LogP) is 3.76. The molecule has 0 radical (unpaired) electrons. The summed E-state index contributed by atoms with van der Waals surface area (Å²) in [4.78, 5) is 30.4. The van der Waals surface area contributed by atoms with E-state index in [-0.39, 0.29) is 29.8 Å². The summed E-state index contributed by atoms with van der Waals surface area (Å²) in [5.41, 5.74) is -1.00. The Balaban J connectivity index is 1.85. The molecule has 0 spiro atoms. The zero-order valence-electron chi connectivity index (χ0n) is 21.5. The molecule has 1 aromatic heterocycles. The molecular formula is C26H39ClN2O6. The highest BCUT2D eigenvalue weighted by Crippen LogP contribution is 2.44. The van der Waals surface area contributed by atoms with E-state index in [0.29, 0.717) is 23.0 Å². The number of ketones is 1. The van der Waals surface area contributed by atoms with Crippen molar-refractivity contribution in [1.82, 2.24) is 10.3 Å². The number of hydrogen-bond acceptors (Lipinski definition) is 7. The second kappa shape index (κ2) is 10.7. The van der Waals surface area contributed by atoms with E-state index in [9.17, 15) is 19.8 Å². The van der Waals surface area contributed by atoms with Gasteiger partial charge < -0.3 is 24.7 Å². The van der Waals surface area contributed by atoms with Gasteiger partial charge in [0.25, 0.3) is 0 Å². The van der Waals surface area contributed by atoms with E-state index in [0.717, 1.165) is 19.3 Å². The van der Waals surface area contributed by atoms with E-state index in [1.165, 1.54) is 6.26 Å². The van der Waals surface area contributed by atoms with Crippen LogP contribution in [0.5, 0.6) is 0 Å². The van der Waals surface area contributed by atoms with Crippen molar-refractivity contribution >= 4 is 29.4 Å².